The van der Waals surface area contributed by atoms with Crippen LogP contribution in [0.25, 0.3) is 10.2 Å². The lowest BCUT2D eigenvalue weighted by Crippen LogP contribution is -2.20. The van der Waals surface area contributed by atoms with Gasteiger partial charge in [0.1, 0.15) is 11.3 Å². The van der Waals surface area contributed by atoms with Gasteiger partial charge in [0, 0.05) is 0 Å². The fourth-order valence-corrected chi connectivity index (χ4v) is 3.16. The lowest BCUT2D eigenvalue weighted by molar-refractivity contribution is -0.118. The lowest BCUT2D eigenvalue weighted by Gasteiger charge is -2.06. The number of benzene rings is 2. The number of halogens is 1. The highest BCUT2D eigenvalue weighted by atomic mass is 32.1. The van der Waals surface area contributed by atoms with Crippen LogP contribution >= 0.6 is 11.3 Å². The third-order valence-electron chi connectivity index (χ3n) is 3.37. The Kier molecular flexibility index (Phi) is 4.61. The van der Waals surface area contributed by atoms with E-state index in [1.54, 1.807) is 19.2 Å². The Morgan fingerprint density at radius 2 is 2.04 bits per heavy atom. The first kappa shape index (κ1) is 16.2. The molecule has 0 saturated carbocycles. The molecule has 0 aliphatic rings. The molecular formula is C17H15FN2O3S. The largest absolute Gasteiger partial charge is 0.494 e. The van der Waals surface area contributed by atoms with E-state index in [-0.39, 0.29) is 12.4 Å². The minimum absolute atomic E-state index is 0.0365. The Morgan fingerprint density at radius 3 is 2.79 bits per heavy atom. The molecule has 0 spiro atoms. The van der Waals surface area contributed by atoms with Crippen molar-refractivity contribution in [3.8, 4) is 11.5 Å². The van der Waals surface area contributed by atoms with Gasteiger partial charge in [0.15, 0.2) is 23.3 Å². The Labute approximate surface area is 142 Å². The molecule has 0 radical (unpaired) electrons. The van der Waals surface area contributed by atoms with Crippen LogP contribution in [0.1, 0.15) is 5.56 Å². The van der Waals surface area contributed by atoms with Crippen LogP contribution in [0, 0.1) is 12.7 Å². The molecule has 124 valence electrons. The molecule has 0 aliphatic carbocycles. The van der Waals surface area contributed by atoms with Gasteiger partial charge in [-0.25, -0.2) is 9.37 Å². The highest BCUT2D eigenvalue weighted by Crippen LogP contribution is 2.34. The molecule has 1 heterocycles. The second-order valence-electron chi connectivity index (χ2n) is 5.05. The number of thiazole rings is 1. The van der Waals surface area contributed by atoms with Crippen molar-refractivity contribution in [3.05, 3.63) is 47.8 Å². The number of anilines is 1. The second-order valence-corrected chi connectivity index (χ2v) is 6.05. The lowest BCUT2D eigenvalue weighted by atomic mass is 10.2. The number of aryl methyl sites for hydroxylation is 1. The van der Waals surface area contributed by atoms with E-state index in [9.17, 15) is 9.18 Å². The van der Waals surface area contributed by atoms with Gasteiger partial charge in [0.25, 0.3) is 5.91 Å². The zero-order valence-corrected chi connectivity index (χ0v) is 13.9. The highest BCUT2D eigenvalue weighted by Gasteiger charge is 2.13. The molecule has 1 aromatic heterocycles. The molecule has 5 nitrogen and oxygen atoms in total. The molecule has 3 aromatic rings. The summed E-state index contributed by atoms with van der Waals surface area (Å²) in [6.07, 6.45) is 0. The minimum Gasteiger partial charge on any atom is -0.494 e. The molecular weight excluding hydrogens is 331 g/mol. The predicted octanol–water partition coefficient (Wildman–Crippen LogP) is 3.77. The van der Waals surface area contributed by atoms with E-state index in [0.717, 1.165) is 10.3 Å². The first-order chi connectivity index (χ1) is 11.6. The van der Waals surface area contributed by atoms with Crippen molar-refractivity contribution in [3.63, 3.8) is 0 Å². The van der Waals surface area contributed by atoms with E-state index in [0.29, 0.717) is 16.4 Å². The van der Waals surface area contributed by atoms with Crippen LogP contribution in [-0.4, -0.2) is 24.6 Å². The summed E-state index contributed by atoms with van der Waals surface area (Å²) in [5.41, 5.74) is 1.75. The van der Waals surface area contributed by atoms with Crippen molar-refractivity contribution in [2.45, 2.75) is 6.92 Å². The van der Waals surface area contributed by atoms with Crippen LogP contribution in [0.5, 0.6) is 11.5 Å². The molecule has 0 fully saturated rings. The number of hydrogen-bond acceptors (Lipinski definition) is 5. The van der Waals surface area contributed by atoms with Gasteiger partial charge in [-0.05, 0) is 30.7 Å². The summed E-state index contributed by atoms with van der Waals surface area (Å²) in [6.45, 7) is 1.67. The van der Waals surface area contributed by atoms with Crippen molar-refractivity contribution in [2.24, 2.45) is 0 Å². The Bertz CT molecular complexity index is 895. The number of fused-ring (bicyclic) bond motifs is 1. The third-order valence-corrected chi connectivity index (χ3v) is 4.47. The fraction of sp³-hybridized carbons (Fsp3) is 0.176. The summed E-state index contributed by atoms with van der Waals surface area (Å²) in [5.74, 6) is -0.232. The number of nitrogens with zero attached hydrogens (tertiary/aromatic N) is 1. The summed E-state index contributed by atoms with van der Waals surface area (Å²) >= 11 is 1.35. The second kappa shape index (κ2) is 6.84. The first-order valence-electron chi connectivity index (χ1n) is 7.20. The molecule has 3 rings (SSSR count). The van der Waals surface area contributed by atoms with Gasteiger partial charge in [-0.3, -0.25) is 10.1 Å². The number of nitrogens with one attached hydrogen (secondary N) is 1. The molecule has 24 heavy (non-hydrogen) atoms. The molecule has 0 unspecified atom stereocenters. The van der Waals surface area contributed by atoms with Gasteiger partial charge in [-0.1, -0.05) is 29.5 Å². The van der Waals surface area contributed by atoms with Gasteiger partial charge in [-0.2, -0.15) is 0 Å². The maximum Gasteiger partial charge on any atom is 0.264 e. The van der Waals surface area contributed by atoms with Gasteiger partial charge < -0.3 is 9.47 Å². The summed E-state index contributed by atoms with van der Waals surface area (Å²) in [5, 5.41) is 3.11. The summed E-state index contributed by atoms with van der Waals surface area (Å²) in [7, 11) is 1.57. The zero-order chi connectivity index (χ0) is 17.1. The smallest absolute Gasteiger partial charge is 0.264 e. The number of rotatable bonds is 5. The van der Waals surface area contributed by atoms with Crippen LogP contribution < -0.4 is 14.8 Å². The first-order valence-corrected chi connectivity index (χ1v) is 8.01. The molecule has 0 bridgehead atoms. The van der Waals surface area contributed by atoms with Gasteiger partial charge in [0.05, 0.1) is 11.8 Å². The number of aromatic nitrogens is 1. The summed E-state index contributed by atoms with van der Waals surface area (Å²) in [4.78, 5) is 16.4. The van der Waals surface area contributed by atoms with Crippen molar-refractivity contribution in [2.75, 3.05) is 19.0 Å². The fourth-order valence-electron chi connectivity index (χ4n) is 2.19. The van der Waals surface area contributed by atoms with E-state index in [1.807, 2.05) is 19.1 Å². The topological polar surface area (TPSA) is 60.5 Å². The Morgan fingerprint density at radius 1 is 1.25 bits per heavy atom. The van der Waals surface area contributed by atoms with Crippen LogP contribution in [0.4, 0.5) is 9.52 Å². The van der Waals surface area contributed by atoms with Gasteiger partial charge in [-0.15, -0.1) is 0 Å². The van der Waals surface area contributed by atoms with Crippen molar-refractivity contribution in [1.82, 2.24) is 4.98 Å². The van der Waals surface area contributed by atoms with E-state index in [2.05, 4.69) is 10.3 Å². The van der Waals surface area contributed by atoms with Crippen LogP contribution in [-0.2, 0) is 4.79 Å². The molecule has 2 aromatic carbocycles. The standard InChI is InChI=1S/C17H15FN2O3S/c1-10-7-8-13(22-2)15-16(10)24-17(20-15)19-14(21)9-23-12-6-4-3-5-11(12)18/h3-8H,9H2,1-2H3,(H,19,20,21). The molecule has 7 heteroatoms. The molecule has 0 atom stereocenters. The number of methoxy groups -OCH3 is 1. The predicted molar refractivity (Wildman–Crippen MR) is 91.4 cm³/mol. The van der Waals surface area contributed by atoms with Crippen LogP contribution in [0.2, 0.25) is 0 Å². The minimum atomic E-state index is -0.509. The number of carbonyl (C=O) groups is 1. The van der Waals surface area contributed by atoms with E-state index in [4.69, 9.17) is 9.47 Å². The van der Waals surface area contributed by atoms with Crippen molar-refractivity contribution < 1.29 is 18.7 Å². The number of amides is 1. The van der Waals surface area contributed by atoms with E-state index >= 15 is 0 Å². The van der Waals surface area contributed by atoms with Crippen LogP contribution in [0.15, 0.2) is 36.4 Å². The Hall–Kier alpha value is -2.67. The number of ether oxygens (including phenoxy) is 2. The molecule has 1 amide bonds. The maximum absolute atomic E-state index is 13.5. The SMILES string of the molecule is COc1ccc(C)c2sc(NC(=O)COc3ccccc3F)nc12. The zero-order valence-electron chi connectivity index (χ0n) is 13.1. The van der Waals surface area contributed by atoms with Crippen molar-refractivity contribution in [1.29, 1.82) is 0 Å². The molecule has 0 saturated heterocycles. The normalized spacial score (nSPS) is 10.6. The highest BCUT2D eigenvalue weighted by molar-refractivity contribution is 7.22. The third kappa shape index (κ3) is 3.30. The van der Waals surface area contributed by atoms with E-state index < -0.39 is 11.7 Å². The van der Waals surface area contributed by atoms with Gasteiger partial charge in [0.2, 0.25) is 0 Å². The van der Waals surface area contributed by atoms with Crippen LogP contribution in [0.3, 0.4) is 0 Å². The van der Waals surface area contributed by atoms with Crippen molar-refractivity contribution >= 4 is 32.6 Å². The average molecular weight is 346 g/mol. The average Bonchev–Trinajstić information content (AvgIpc) is 2.99. The van der Waals surface area contributed by atoms with Gasteiger partial charge >= 0.3 is 0 Å². The monoisotopic (exact) mass is 346 g/mol. The summed E-state index contributed by atoms with van der Waals surface area (Å²) < 4.78 is 24.9. The number of para-hydroxylation sites is 1. The number of carbonyl (C=O) groups excluding carboxylic acids is 1. The molecule has 1 N–H and O–H groups in total. The molecule has 0 aliphatic heterocycles. The quantitative estimate of drug-likeness (QED) is 0.764. The van der Waals surface area contributed by atoms with E-state index in [1.165, 1.54) is 23.5 Å². The summed E-state index contributed by atoms with van der Waals surface area (Å²) in [6, 6.07) is 9.71. The number of hydrogen-bond donors (Lipinski definition) is 1. The maximum atomic E-state index is 13.5. The Balaban J connectivity index is 1.72.